The van der Waals surface area contributed by atoms with Crippen molar-refractivity contribution in [3.63, 3.8) is 0 Å². The van der Waals surface area contributed by atoms with E-state index < -0.39 is 0 Å². The highest BCUT2D eigenvalue weighted by Crippen LogP contribution is 2.16. The van der Waals surface area contributed by atoms with Gasteiger partial charge >= 0.3 is 0 Å². The lowest BCUT2D eigenvalue weighted by Crippen LogP contribution is -2.40. The quantitative estimate of drug-likeness (QED) is 0.909. The van der Waals surface area contributed by atoms with Crippen molar-refractivity contribution in [2.75, 3.05) is 6.54 Å². The first-order valence-electron chi connectivity index (χ1n) is 7.86. The Labute approximate surface area is 145 Å². The van der Waals surface area contributed by atoms with E-state index in [0.717, 1.165) is 16.2 Å². The molecule has 0 unspecified atom stereocenters. The van der Waals surface area contributed by atoms with Crippen molar-refractivity contribution in [2.45, 2.75) is 26.3 Å². The third-order valence-electron chi connectivity index (χ3n) is 3.82. The van der Waals surface area contributed by atoms with Gasteiger partial charge in [0.05, 0.1) is 12.3 Å². The summed E-state index contributed by atoms with van der Waals surface area (Å²) < 4.78 is 0. The predicted octanol–water partition coefficient (Wildman–Crippen LogP) is 2.70. The van der Waals surface area contributed by atoms with Crippen LogP contribution < -0.4 is 5.32 Å². The molecule has 1 N–H and O–H groups in total. The maximum Gasteiger partial charge on any atom is 0.243 e. The topological polar surface area (TPSA) is 61.8 Å². The molecule has 3 rings (SSSR count). The van der Waals surface area contributed by atoms with Crippen LogP contribution in [0.3, 0.4) is 0 Å². The van der Waals surface area contributed by atoms with Crippen LogP contribution in [0.5, 0.6) is 0 Å². The van der Waals surface area contributed by atoms with Gasteiger partial charge in [-0.2, -0.15) is 5.10 Å². The van der Waals surface area contributed by atoms with Gasteiger partial charge in [-0.3, -0.25) is 9.59 Å². The molecular weight excluding hydrogens is 322 g/mol. The van der Waals surface area contributed by atoms with Gasteiger partial charge in [-0.05, 0) is 23.9 Å². The molecule has 0 saturated heterocycles. The predicted molar refractivity (Wildman–Crippen MR) is 94.8 cm³/mol. The largest absolute Gasteiger partial charge is 0.350 e. The second-order valence-corrected chi connectivity index (χ2v) is 6.75. The molecule has 1 aliphatic rings. The number of carbonyl (C=O) groups is 2. The Bertz CT molecular complexity index is 751. The molecule has 1 aliphatic heterocycles. The SMILES string of the molecule is Cc1ccc(C2=NN(CC(=O)NCc3cccs3)C(=O)CC2)cc1. The van der Waals surface area contributed by atoms with Crippen LogP contribution in [0.1, 0.15) is 28.8 Å². The van der Waals surface area contributed by atoms with E-state index in [2.05, 4.69) is 10.4 Å². The van der Waals surface area contributed by atoms with Gasteiger partial charge in [0.2, 0.25) is 11.8 Å². The first-order valence-corrected chi connectivity index (χ1v) is 8.74. The fourth-order valence-electron chi connectivity index (χ4n) is 2.47. The van der Waals surface area contributed by atoms with Crippen molar-refractivity contribution in [3.05, 3.63) is 57.8 Å². The molecule has 0 radical (unpaired) electrons. The molecule has 0 saturated carbocycles. The molecule has 0 fully saturated rings. The normalized spacial score (nSPS) is 14.5. The number of nitrogens with one attached hydrogen (secondary N) is 1. The molecule has 24 heavy (non-hydrogen) atoms. The fourth-order valence-corrected chi connectivity index (χ4v) is 3.11. The molecule has 2 aromatic rings. The summed E-state index contributed by atoms with van der Waals surface area (Å²) in [5.41, 5.74) is 3.02. The maximum absolute atomic E-state index is 12.1. The van der Waals surface area contributed by atoms with Crippen LogP contribution in [-0.2, 0) is 16.1 Å². The highest BCUT2D eigenvalue weighted by molar-refractivity contribution is 7.09. The Hall–Kier alpha value is -2.47. The molecule has 124 valence electrons. The lowest BCUT2D eigenvalue weighted by molar-refractivity contribution is -0.136. The highest BCUT2D eigenvalue weighted by Gasteiger charge is 2.23. The van der Waals surface area contributed by atoms with E-state index in [9.17, 15) is 9.59 Å². The van der Waals surface area contributed by atoms with Crippen LogP contribution in [0.25, 0.3) is 0 Å². The fraction of sp³-hybridized carbons (Fsp3) is 0.278. The summed E-state index contributed by atoms with van der Waals surface area (Å²) in [6, 6.07) is 11.9. The number of hydrogen-bond donors (Lipinski definition) is 1. The average Bonchev–Trinajstić information content (AvgIpc) is 3.09. The zero-order chi connectivity index (χ0) is 16.9. The van der Waals surface area contributed by atoms with Crippen LogP contribution in [-0.4, -0.2) is 29.1 Å². The minimum atomic E-state index is -0.203. The Balaban J connectivity index is 1.64. The van der Waals surface area contributed by atoms with E-state index in [-0.39, 0.29) is 18.4 Å². The van der Waals surface area contributed by atoms with Gasteiger partial charge in [-0.1, -0.05) is 35.9 Å². The van der Waals surface area contributed by atoms with Crippen molar-refractivity contribution in [1.82, 2.24) is 10.3 Å². The molecule has 2 amide bonds. The molecular formula is C18H19N3O2S. The lowest BCUT2D eigenvalue weighted by Gasteiger charge is -2.23. The Kier molecular flexibility index (Phi) is 5.05. The first-order chi connectivity index (χ1) is 11.6. The summed E-state index contributed by atoms with van der Waals surface area (Å²) in [7, 11) is 0. The van der Waals surface area contributed by atoms with Gasteiger partial charge in [0, 0.05) is 17.7 Å². The summed E-state index contributed by atoms with van der Waals surface area (Å²) in [6.45, 7) is 2.47. The monoisotopic (exact) mass is 341 g/mol. The molecule has 0 atom stereocenters. The average molecular weight is 341 g/mol. The zero-order valence-corrected chi connectivity index (χ0v) is 14.3. The molecule has 0 aliphatic carbocycles. The number of nitrogens with zero attached hydrogens (tertiary/aromatic N) is 2. The van der Waals surface area contributed by atoms with E-state index in [1.54, 1.807) is 11.3 Å². The number of aryl methyl sites for hydroxylation is 1. The van der Waals surface area contributed by atoms with Crippen LogP contribution in [0.4, 0.5) is 0 Å². The minimum Gasteiger partial charge on any atom is -0.350 e. The number of rotatable bonds is 5. The Morgan fingerprint density at radius 2 is 2.04 bits per heavy atom. The first kappa shape index (κ1) is 16.4. The number of amides is 2. The van der Waals surface area contributed by atoms with Gasteiger partial charge in [0.1, 0.15) is 6.54 Å². The summed E-state index contributed by atoms with van der Waals surface area (Å²) in [6.07, 6.45) is 0.986. The zero-order valence-electron chi connectivity index (χ0n) is 13.5. The second kappa shape index (κ2) is 7.40. The third-order valence-corrected chi connectivity index (χ3v) is 4.70. The van der Waals surface area contributed by atoms with E-state index in [4.69, 9.17) is 0 Å². The Morgan fingerprint density at radius 1 is 1.25 bits per heavy atom. The van der Waals surface area contributed by atoms with Crippen LogP contribution >= 0.6 is 11.3 Å². The molecule has 1 aromatic carbocycles. The summed E-state index contributed by atoms with van der Waals surface area (Å²) in [5.74, 6) is -0.317. The summed E-state index contributed by atoms with van der Waals surface area (Å²) in [4.78, 5) is 25.2. The highest BCUT2D eigenvalue weighted by atomic mass is 32.1. The van der Waals surface area contributed by atoms with E-state index in [1.165, 1.54) is 10.6 Å². The van der Waals surface area contributed by atoms with Gasteiger partial charge in [-0.15, -0.1) is 11.3 Å². The van der Waals surface area contributed by atoms with Crippen molar-refractivity contribution >= 4 is 28.9 Å². The minimum absolute atomic E-state index is 0.0421. The van der Waals surface area contributed by atoms with Gasteiger partial charge in [0.15, 0.2) is 0 Å². The number of benzene rings is 1. The number of hydrazone groups is 1. The van der Waals surface area contributed by atoms with Crippen molar-refractivity contribution in [3.8, 4) is 0 Å². The van der Waals surface area contributed by atoms with Crippen LogP contribution in [0, 0.1) is 6.92 Å². The maximum atomic E-state index is 12.1. The molecule has 0 spiro atoms. The third kappa shape index (κ3) is 4.08. The second-order valence-electron chi connectivity index (χ2n) is 5.72. The van der Waals surface area contributed by atoms with Crippen LogP contribution in [0.15, 0.2) is 46.9 Å². The number of thiophene rings is 1. The van der Waals surface area contributed by atoms with E-state index in [1.807, 2.05) is 48.7 Å². The van der Waals surface area contributed by atoms with Gasteiger partial charge in [-0.25, -0.2) is 5.01 Å². The summed E-state index contributed by atoms with van der Waals surface area (Å²) >= 11 is 1.59. The van der Waals surface area contributed by atoms with Gasteiger partial charge in [0.25, 0.3) is 0 Å². The summed E-state index contributed by atoms with van der Waals surface area (Å²) in [5, 5.41) is 10.5. The molecule has 5 nitrogen and oxygen atoms in total. The number of carbonyl (C=O) groups excluding carboxylic acids is 2. The number of hydrogen-bond acceptors (Lipinski definition) is 4. The smallest absolute Gasteiger partial charge is 0.243 e. The van der Waals surface area contributed by atoms with Crippen LogP contribution in [0.2, 0.25) is 0 Å². The van der Waals surface area contributed by atoms with Crippen molar-refractivity contribution in [2.24, 2.45) is 5.10 Å². The molecule has 2 heterocycles. The van der Waals surface area contributed by atoms with Gasteiger partial charge < -0.3 is 5.32 Å². The van der Waals surface area contributed by atoms with E-state index >= 15 is 0 Å². The van der Waals surface area contributed by atoms with Crippen molar-refractivity contribution < 1.29 is 9.59 Å². The molecule has 1 aromatic heterocycles. The van der Waals surface area contributed by atoms with Crippen molar-refractivity contribution in [1.29, 1.82) is 0 Å². The van der Waals surface area contributed by atoms with E-state index in [0.29, 0.717) is 19.4 Å². The molecule has 6 heteroatoms. The molecule has 0 bridgehead atoms. The lowest BCUT2D eigenvalue weighted by atomic mass is 10.0. The Morgan fingerprint density at radius 3 is 2.75 bits per heavy atom. The standard InChI is InChI=1S/C18H19N3O2S/c1-13-4-6-14(7-5-13)16-8-9-18(23)21(20-16)12-17(22)19-11-15-3-2-10-24-15/h2-7,10H,8-9,11-12H2,1H3,(H,19,22).